The van der Waals surface area contributed by atoms with Gasteiger partial charge in [-0.25, -0.2) is 9.97 Å². The molecule has 4 aromatic rings. The molecule has 2 N–H and O–H groups in total. The van der Waals surface area contributed by atoms with E-state index in [1.54, 1.807) is 13.3 Å². The van der Waals surface area contributed by atoms with E-state index in [1.165, 1.54) is 0 Å². The molecule has 0 unspecified atom stereocenters. The van der Waals surface area contributed by atoms with Crippen molar-refractivity contribution in [2.24, 2.45) is 0 Å². The zero-order valence-corrected chi connectivity index (χ0v) is 19.8. The molecule has 0 aliphatic heterocycles. The van der Waals surface area contributed by atoms with Crippen LogP contribution in [0.5, 0.6) is 11.5 Å². The van der Waals surface area contributed by atoms with Gasteiger partial charge in [0.05, 0.1) is 12.8 Å². The molecule has 0 saturated heterocycles. The summed E-state index contributed by atoms with van der Waals surface area (Å²) in [6.45, 7) is 7.96. The number of ether oxygens (including phenoxy) is 2. The third-order valence-electron chi connectivity index (χ3n) is 5.62. The van der Waals surface area contributed by atoms with E-state index < -0.39 is 0 Å². The van der Waals surface area contributed by atoms with E-state index in [9.17, 15) is 0 Å². The highest BCUT2D eigenvalue weighted by Crippen LogP contribution is 2.30. The van der Waals surface area contributed by atoms with Gasteiger partial charge in [0.25, 0.3) is 0 Å². The molecule has 176 valence electrons. The number of hydrogen-bond donors (Lipinski definition) is 2. The van der Waals surface area contributed by atoms with Crippen molar-refractivity contribution in [3.63, 3.8) is 0 Å². The summed E-state index contributed by atoms with van der Waals surface area (Å²) >= 11 is 0. The maximum Gasteiger partial charge on any atom is 0.227 e. The zero-order chi connectivity index (χ0) is 23.8. The van der Waals surface area contributed by atoms with Crippen LogP contribution in [0, 0.1) is 0 Å². The predicted molar refractivity (Wildman–Crippen MR) is 135 cm³/mol. The van der Waals surface area contributed by atoms with E-state index in [1.807, 2.05) is 60.8 Å². The molecule has 34 heavy (non-hydrogen) atoms. The van der Waals surface area contributed by atoms with E-state index in [-0.39, 0.29) is 0 Å². The van der Waals surface area contributed by atoms with Gasteiger partial charge < -0.3 is 19.7 Å². The molecule has 0 amide bonds. The van der Waals surface area contributed by atoms with Gasteiger partial charge in [-0.3, -0.25) is 5.10 Å². The highest BCUT2D eigenvalue weighted by Gasteiger charge is 2.13. The standard InChI is InChI=1S/C26H30N6O2/c1-4-32(5-2)16-17-34-22-12-8-20(9-13-22)29-26-27-15-14-24(30-26)23-18-28-31-25(23)19-6-10-21(33-3)11-7-19/h6-15,18H,4-5,16-17H2,1-3H3,(H,28,31)(H,27,29,30). The number of methoxy groups -OCH3 is 1. The first-order valence-corrected chi connectivity index (χ1v) is 11.4. The first-order valence-electron chi connectivity index (χ1n) is 11.4. The minimum absolute atomic E-state index is 0.509. The van der Waals surface area contributed by atoms with Crippen LogP contribution in [0.2, 0.25) is 0 Å². The summed E-state index contributed by atoms with van der Waals surface area (Å²) in [5, 5.41) is 10.6. The maximum atomic E-state index is 5.86. The van der Waals surface area contributed by atoms with Crippen molar-refractivity contribution in [2.75, 3.05) is 38.7 Å². The lowest BCUT2D eigenvalue weighted by atomic mass is 10.1. The van der Waals surface area contributed by atoms with Crippen molar-refractivity contribution in [2.45, 2.75) is 13.8 Å². The fourth-order valence-electron chi connectivity index (χ4n) is 3.62. The molecular formula is C26H30N6O2. The molecule has 0 atom stereocenters. The van der Waals surface area contributed by atoms with E-state index >= 15 is 0 Å². The Bertz CT molecular complexity index is 1170. The quantitative estimate of drug-likeness (QED) is 0.327. The lowest BCUT2D eigenvalue weighted by Crippen LogP contribution is -2.27. The Balaban J connectivity index is 1.43. The number of aromatic nitrogens is 4. The average Bonchev–Trinajstić information content (AvgIpc) is 3.38. The van der Waals surface area contributed by atoms with Gasteiger partial charge in [0.1, 0.15) is 23.8 Å². The van der Waals surface area contributed by atoms with Crippen LogP contribution in [0.4, 0.5) is 11.6 Å². The Morgan fingerprint density at radius 3 is 2.38 bits per heavy atom. The summed E-state index contributed by atoms with van der Waals surface area (Å²) in [6, 6.07) is 17.5. The first kappa shape index (κ1) is 23.3. The molecule has 0 fully saturated rings. The maximum absolute atomic E-state index is 5.86. The van der Waals surface area contributed by atoms with Gasteiger partial charge in [0, 0.05) is 35.8 Å². The molecule has 0 aliphatic carbocycles. The summed E-state index contributed by atoms with van der Waals surface area (Å²) in [5.41, 5.74) is 4.34. The second-order valence-electron chi connectivity index (χ2n) is 7.67. The highest BCUT2D eigenvalue weighted by atomic mass is 16.5. The highest BCUT2D eigenvalue weighted by molar-refractivity contribution is 5.79. The number of nitrogens with one attached hydrogen (secondary N) is 2. The van der Waals surface area contributed by atoms with Crippen LogP contribution in [0.15, 0.2) is 67.0 Å². The van der Waals surface area contributed by atoms with Gasteiger partial charge >= 0.3 is 0 Å². The van der Waals surface area contributed by atoms with Crippen LogP contribution in [0.1, 0.15) is 13.8 Å². The largest absolute Gasteiger partial charge is 0.497 e. The molecule has 4 rings (SSSR count). The number of hydrogen-bond acceptors (Lipinski definition) is 7. The van der Waals surface area contributed by atoms with Gasteiger partial charge in [-0.15, -0.1) is 0 Å². The van der Waals surface area contributed by atoms with Crippen molar-refractivity contribution in [1.82, 2.24) is 25.1 Å². The van der Waals surface area contributed by atoms with Crippen LogP contribution in [-0.2, 0) is 0 Å². The Kier molecular flexibility index (Phi) is 7.72. The van der Waals surface area contributed by atoms with Gasteiger partial charge in [-0.1, -0.05) is 13.8 Å². The van der Waals surface area contributed by atoms with Crippen molar-refractivity contribution in [3.05, 3.63) is 67.0 Å². The van der Waals surface area contributed by atoms with E-state index in [2.05, 4.69) is 39.2 Å². The number of benzene rings is 2. The number of rotatable bonds is 11. The second-order valence-corrected chi connectivity index (χ2v) is 7.67. The fraction of sp³-hybridized carbons (Fsp3) is 0.269. The van der Waals surface area contributed by atoms with E-state index in [0.717, 1.165) is 59.3 Å². The molecule has 0 bridgehead atoms. The van der Waals surface area contributed by atoms with E-state index in [4.69, 9.17) is 14.5 Å². The molecular weight excluding hydrogens is 428 g/mol. The Hall–Kier alpha value is -3.91. The lowest BCUT2D eigenvalue weighted by molar-refractivity contribution is 0.223. The third-order valence-corrected chi connectivity index (χ3v) is 5.62. The predicted octanol–water partition coefficient (Wildman–Crippen LogP) is 5.01. The lowest BCUT2D eigenvalue weighted by Gasteiger charge is -2.18. The smallest absolute Gasteiger partial charge is 0.227 e. The number of aromatic amines is 1. The van der Waals surface area contributed by atoms with Crippen molar-refractivity contribution < 1.29 is 9.47 Å². The zero-order valence-electron chi connectivity index (χ0n) is 19.8. The van der Waals surface area contributed by atoms with Gasteiger partial charge in [-0.05, 0) is 67.7 Å². The summed E-state index contributed by atoms with van der Waals surface area (Å²) in [4.78, 5) is 11.4. The number of H-pyrrole nitrogens is 1. The average molecular weight is 459 g/mol. The number of nitrogens with zero attached hydrogens (tertiary/aromatic N) is 4. The molecule has 8 heteroatoms. The first-order chi connectivity index (χ1) is 16.7. The molecule has 0 radical (unpaired) electrons. The second kappa shape index (κ2) is 11.3. The van der Waals surface area contributed by atoms with Crippen LogP contribution >= 0.6 is 0 Å². The van der Waals surface area contributed by atoms with Crippen molar-refractivity contribution in [1.29, 1.82) is 0 Å². The van der Waals surface area contributed by atoms with Crippen LogP contribution in [0.25, 0.3) is 22.5 Å². The molecule has 2 aromatic carbocycles. The van der Waals surface area contributed by atoms with Crippen LogP contribution in [-0.4, -0.2) is 58.4 Å². The van der Waals surface area contributed by atoms with Crippen molar-refractivity contribution in [3.8, 4) is 34.0 Å². The van der Waals surface area contributed by atoms with Gasteiger partial charge in [-0.2, -0.15) is 5.10 Å². The SMILES string of the molecule is CCN(CC)CCOc1ccc(Nc2nccc(-c3c[nH]nc3-c3ccc(OC)cc3)n2)cc1. The normalized spacial score (nSPS) is 10.9. The number of likely N-dealkylation sites (N-methyl/N-ethyl adjacent to an activating group) is 1. The minimum Gasteiger partial charge on any atom is -0.497 e. The summed E-state index contributed by atoms with van der Waals surface area (Å²) in [6.07, 6.45) is 3.58. The molecule has 0 aliphatic rings. The Labute approximate surface area is 200 Å². The summed E-state index contributed by atoms with van der Waals surface area (Å²) in [7, 11) is 1.65. The van der Waals surface area contributed by atoms with Gasteiger partial charge in [0.15, 0.2) is 0 Å². The molecule has 8 nitrogen and oxygen atoms in total. The number of anilines is 2. The Morgan fingerprint density at radius 1 is 0.941 bits per heavy atom. The molecule has 0 spiro atoms. The van der Waals surface area contributed by atoms with Crippen molar-refractivity contribution >= 4 is 11.6 Å². The topological polar surface area (TPSA) is 88.2 Å². The molecule has 0 saturated carbocycles. The monoisotopic (exact) mass is 458 g/mol. The van der Waals surface area contributed by atoms with E-state index in [0.29, 0.717) is 12.6 Å². The Morgan fingerprint density at radius 2 is 1.68 bits per heavy atom. The van der Waals surface area contributed by atoms with Gasteiger partial charge in [0.2, 0.25) is 5.95 Å². The molecule has 2 heterocycles. The fourth-order valence-corrected chi connectivity index (χ4v) is 3.62. The van der Waals surface area contributed by atoms with Crippen LogP contribution < -0.4 is 14.8 Å². The third kappa shape index (κ3) is 5.71. The van der Waals surface area contributed by atoms with Crippen LogP contribution in [0.3, 0.4) is 0 Å². The minimum atomic E-state index is 0.509. The summed E-state index contributed by atoms with van der Waals surface area (Å²) < 4.78 is 11.1. The summed E-state index contributed by atoms with van der Waals surface area (Å²) in [5.74, 6) is 2.15. The molecule has 2 aromatic heterocycles.